The summed E-state index contributed by atoms with van der Waals surface area (Å²) in [5.74, 6) is -0.288. The summed E-state index contributed by atoms with van der Waals surface area (Å²) in [5, 5.41) is 2.71. The third kappa shape index (κ3) is 4.09. The number of nitrogens with two attached hydrogens (primary N) is 1. The lowest BCUT2D eigenvalue weighted by atomic mass is 10.0. The minimum absolute atomic E-state index is 0.0271. The summed E-state index contributed by atoms with van der Waals surface area (Å²) in [7, 11) is -3.05. The molecule has 16 heavy (non-hydrogen) atoms. The molecule has 1 saturated carbocycles. The molecule has 1 fully saturated rings. The van der Waals surface area contributed by atoms with Crippen LogP contribution in [-0.2, 0) is 14.6 Å². The number of carbonyl (C=O) groups is 1. The second kappa shape index (κ2) is 5.14. The number of nitrogens with one attached hydrogen (secondary N) is 1. The highest BCUT2D eigenvalue weighted by Crippen LogP contribution is 2.24. The van der Waals surface area contributed by atoms with Gasteiger partial charge in [-0.3, -0.25) is 4.79 Å². The van der Waals surface area contributed by atoms with Gasteiger partial charge in [0.1, 0.15) is 9.84 Å². The van der Waals surface area contributed by atoms with Crippen molar-refractivity contribution in [2.45, 2.75) is 38.3 Å². The molecule has 0 saturated heterocycles. The lowest BCUT2D eigenvalue weighted by molar-refractivity contribution is -0.125. The molecule has 0 aromatic rings. The van der Waals surface area contributed by atoms with Crippen molar-refractivity contribution in [3.8, 4) is 0 Å². The first kappa shape index (κ1) is 13.4. The second-order valence-corrected chi connectivity index (χ2v) is 6.89. The van der Waals surface area contributed by atoms with E-state index in [-0.39, 0.29) is 29.7 Å². The zero-order valence-electron chi connectivity index (χ0n) is 9.77. The highest BCUT2D eigenvalue weighted by molar-refractivity contribution is 7.90. The molecule has 5 nitrogen and oxygen atoms in total. The van der Waals surface area contributed by atoms with E-state index in [0.717, 1.165) is 25.5 Å². The highest BCUT2D eigenvalue weighted by Gasteiger charge is 2.30. The smallest absolute Gasteiger partial charge is 0.224 e. The maximum absolute atomic E-state index is 11.8. The first-order valence-electron chi connectivity index (χ1n) is 5.53. The first-order valence-corrected chi connectivity index (χ1v) is 7.59. The van der Waals surface area contributed by atoms with Crippen molar-refractivity contribution < 1.29 is 13.2 Å². The Labute approximate surface area is 96.7 Å². The van der Waals surface area contributed by atoms with Gasteiger partial charge in [0.15, 0.2) is 0 Å². The molecule has 0 aromatic heterocycles. The standard InChI is InChI=1S/C10H20N2O3S/c1-7(6-16(2,14)15)12-10(13)8-4-3-5-9(8)11/h7-9H,3-6,11H2,1-2H3,(H,12,13). The van der Waals surface area contributed by atoms with E-state index in [0.29, 0.717) is 0 Å². The lowest BCUT2D eigenvalue weighted by Crippen LogP contribution is -2.44. The summed E-state index contributed by atoms with van der Waals surface area (Å²) in [4.78, 5) is 11.8. The van der Waals surface area contributed by atoms with Gasteiger partial charge in [-0.1, -0.05) is 6.42 Å². The maximum Gasteiger partial charge on any atom is 0.224 e. The molecule has 6 heteroatoms. The van der Waals surface area contributed by atoms with Gasteiger partial charge in [0, 0.05) is 18.3 Å². The molecule has 0 bridgehead atoms. The maximum atomic E-state index is 11.8. The lowest BCUT2D eigenvalue weighted by Gasteiger charge is -2.18. The largest absolute Gasteiger partial charge is 0.352 e. The molecule has 3 N–H and O–H groups in total. The number of hydrogen-bond donors (Lipinski definition) is 2. The molecule has 1 aliphatic carbocycles. The summed E-state index contributed by atoms with van der Waals surface area (Å²) in [6.07, 6.45) is 3.81. The van der Waals surface area contributed by atoms with Crippen molar-refractivity contribution >= 4 is 15.7 Å². The molecule has 0 spiro atoms. The fourth-order valence-electron chi connectivity index (χ4n) is 2.16. The number of carbonyl (C=O) groups excluding carboxylic acids is 1. The van der Waals surface area contributed by atoms with Gasteiger partial charge in [0.25, 0.3) is 0 Å². The van der Waals surface area contributed by atoms with Crippen molar-refractivity contribution in [2.24, 2.45) is 11.7 Å². The predicted molar refractivity (Wildman–Crippen MR) is 62.6 cm³/mol. The van der Waals surface area contributed by atoms with E-state index in [1.54, 1.807) is 6.92 Å². The monoisotopic (exact) mass is 248 g/mol. The van der Waals surface area contributed by atoms with Crippen molar-refractivity contribution in [1.29, 1.82) is 0 Å². The number of hydrogen-bond acceptors (Lipinski definition) is 4. The number of sulfone groups is 1. The molecular formula is C10H20N2O3S. The Bertz CT molecular complexity index is 353. The SMILES string of the molecule is CC(CS(C)(=O)=O)NC(=O)C1CCCC1N. The van der Waals surface area contributed by atoms with Crippen molar-refractivity contribution in [3.63, 3.8) is 0 Å². The fourth-order valence-corrected chi connectivity index (χ4v) is 3.15. The molecule has 0 radical (unpaired) electrons. The highest BCUT2D eigenvalue weighted by atomic mass is 32.2. The average molecular weight is 248 g/mol. The van der Waals surface area contributed by atoms with Gasteiger partial charge in [-0.15, -0.1) is 0 Å². The van der Waals surface area contributed by atoms with E-state index in [4.69, 9.17) is 5.73 Å². The van der Waals surface area contributed by atoms with Gasteiger partial charge in [-0.2, -0.15) is 0 Å². The third-order valence-corrected chi connectivity index (χ3v) is 3.95. The van der Waals surface area contributed by atoms with Crippen molar-refractivity contribution in [3.05, 3.63) is 0 Å². The Morgan fingerprint density at radius 1 is 1.50 bits per heavy atom. The Morgan fingerprint density at radius 3 is 2.56 bits per heavy atom. The summed E-state index contributed by atoms with van der Waals surface area (Å²) in [6.45, 7) is 1.69. The molecule has 0 aliphatic heterocycles. The number of rotatable bonds is 4. The minimum Gasteiger partial charge on any atom is -0.352 e. The molecule has 1 amide bonds. The van der Waals surface area contributed by atoms with E-state index in [1.165, 1.54) is 0 Å². The van der Waals surface area contributed by atoms with Crippen LogP contribution in [0.25, 0.3) is 0 Å². The summed E-state index contributed by atoms with van der Waals surface area (Å²) >= 11 is 0. The van der Waals surface area contributed by atoms with Crippen molar-refractivity contribution in [2.75, 3.05) is 12.0 Å². The van der Waals surface area contributed by atoms with Gasteiger partial charge >= 0.3 is 0 Å². The molecule has 94 valence electrons. The topological polar surface area (TPSA) is 89.3 Å². The summed E-state index contributed by atoms with van der Waals surface area (Å²) < 4.78 is 22.1. The molecule has 0 heterocycles. The van der Waals surface area contributed by atoms with E-state index in [9.17, 15) is 13.2 Å². The Kier molecular flexibility index (Phi) is 4.32. The molecule has 1 rings (SSSR count). The van der Waals surface area contributed by atoms with Crippen LogP contribution in [0.15, 0.2) is 0 Å². The van der Waals surface area contributed by atoms with Crippen LogP contribution < -0.4 is 11.1 Å². The van der Waals surface area contributed by atoms with Crippen LogP contribution in [0.3, 0.4) is 0 Å². The average Bonchev–Trinajstić information content (AvgIpc) is 2.47. The van der Waals surface area contributed by atoms with Crippen LogP contribution in [0.1, 0.15) is 26.2 Å². The Balaban J connectivity index is 2.45. The zero-order valence-corrected chi connectivity index (χ0v) is 10.6. The third-order valence-electron chi connectivity index (χ3n) is 2.85. The summed E-state index contributed by atoms with van der Waals surface area (Å²) in [5.41, 5.74) is 5.80. The van der Waals surface area contributed by atoms with Gasteiger partial charge in [0.2, 0.25) is 5.91 Å². The second-order valence-electron chi connectivity index (χ2n) is 4.70. The van der Waals surface area contributed by atoms with Crippen LogP contribution >= 0.6 is 0 Å². The van der Waals surface area contributed by atoms with Crippen molar-refractivity contribution in [1.82, 2.24) is 5.32 Å². The van der Waals surface area contributed by atoms with Gasteiger partial charge in [-0.05, 0) is 19.8 Å². The normalized spacial score (nSPS) is 27.7. The van der Waals surface area contributed by atoms with Crippen LogP contribution in [0, 0.1) is 5.92 Å². The fraction of sp³-hybridized carbons (Fsp3) is 0.900. The minimum atomic E-state index is -3.05. The van der Waals surface area contributed by atoms with Crippen LogP contribution in [0.4, 0.5) is 0 Å². The zero-order chi connectivity index (χ0) is 12.3. The predicted octanol–water partition coefficient (Wildman–Crippen LogP) is -0.337. The van der Waals surface area contributed by atoms with E-state index >= 15 is 0 Å². The molecule has 3 atom stereocenters. The molecule has 1 aliphatic rings. The van der Waals surface area contributed by atoms with Crippen LogP contribution in [0.5, 0.6) is 0 Å². The Hall–Kier alpha value is -0.620. The molecule has 0 aromatic carbocycles. The van der Waals surface area contributed by atoms with Crippen LogP contribution in [-0.4, -0.2) is 38.4 Å². The Morgan fingerprint density at radius 2 is 2.12 bits per heavy atom. The van der Waals surface area contributed by atoms with E-state index in [2.05, 4.69) is 5.32 Å². The molecule has 3 unspecified atom stereocenters. The van der Waals surface area contributed by atoms with E-state index in [1.807, 2.05) is 0 Å². The summed E-state index contributed by atoms with van der Waals surface area (Å²) in [6, 6.07) is -0.430. The van der Waals surface area contributed by atoms with Crippen LogP contribution in [0.2, 0.25) is 0 Å². The number of amides is 1. The quantitative estimate of drug-likeness (QED) is 0.712. The first-order chi connectivity index (χ1) is 7.29. The molecular weight excluding hydrogens is 228 g/mol. The van der Waals surface area contributed by atoms with Gasteiger partial charge < -0.3 is 11.1 Å². The van der Waals surface area contributed by atoms with Gasteiger partial charge in [-0.25, -0.2) is 8.42 Å². The van der Waals surface area contributed by atoms with Gasteiger partial charge in [0.05, 0.1) is 11.7 Å². The van der Waals surface area contributed by atoms with E-state index < -0.39 is 9.84 Å².